The van der Waals surface area contributed by atoms with E-state index in [0.29, 0.717) is 28.2 Å². The van der Waals surface area contributed by atoms with Gasteiger partial charge in [0.1, 0.15) is 22.2 Å². The highest BCUT2D eigenvalue weighted by molar-refractivity contribution is 6.15. The maximum atomic E-state index is 13.0. The Bertz CT molecular complexity index is 1170. The monoisotopic (exact) mass is 365 g/mol. The molecular weight excluding hydrogens is 342 g/mol. The number of para-hydroxylation sites is 1. The molecule has 0 saturated carbocycles. The number of furan rings is 1. The normalized spacial score (nSPS) is 11.5. The number of rotatable bonds is 6. The van der Waals surface area contributed by atoms with E-state index in [2.05, 4.69) is 23.7 Å². The Labute approximate surface area is 156 Å². The highest BCUT2D eigenvalue weighted by atomic mass is 16.5. The molecule has 0 saturated heterocycles. The van der Waals surface area contributed by atoms with Crippen LogP contribution in [0, 0.1) is 0 Å². The molecule has 1 N–H and O–H groups in total. The predicted octanol–water partition coefficient (Wildman–Crippen LogP) is 4.46. The maximum Gasteiger partial charge on any atom is 0.264 e. The third-order valence-electron chi connectivity index (χ3n) is 4.78. The van der Waals surface area contributed by atoms with Gasteiger partial charge in [-0.2, -0.15) is 0 Å². The van der Waals surface area contributed by atoms with E-state index >= 15 is 0 Å². The van der Waals surface area contributed by atoms with Gasteiger partial charge in [-0.25, -0.2) is 4.98 Å². The predicted molar refractivity (Wildman–Crippen MR) is 109 cm³/mol. The van der Waals surface area contributed by atoms with Gasteiger partial charge >= 0.3 is 0 Å². The van der Waals surface area contributed by atoms with Crippen LogP contribution in [-0.4, -0.2) is 30.2 Å². The van der Waals surface area contributed by atoms with Gasteiger partial charge in [-0.1, -0.05) is 32.0 Å². The van der Waals surface area contributed by atoms with Gasteiger partial charge in [0.25, 0.3) is 5.56 Å². The Balaban J connectivity index is 2.06. The molecule has 0 radical (unpaired) electrons. The third kappa shape index (κ3) is 2.81. The molecule has 0 unspecified atom stereocenters. The molecule has 0 amide bonds. The number of anilines is 1. The van der Waals surface area contributed by atoms with E-state index < -0.39 is 0 Å². The zero-order valence-corrected chi connectivity index (χ0v) is 15.8. The van der Waals surface area contributed by atoms with Crippen LogP contribution in [0.15, 0.2) is 39.5 Å². The van der Waals surface area contributed by atoms with Crippen LogP contribution in [0.1, 0.15) is 26.7 Å². The molecule has 0 atom stereocenters. The summed E-state index contributed by atoms with van der Waals surface area (Å²) in [6.45, 7) is 5.88. The van der Waals surface area contributed by atoms with Crippen molar-refractivity contribution >= 4 is 38.8 Å². The first-order valence-corrected chi connectivity index (χ1v) is 9.35. The van der Waals surface area contributed by atoms with Crippen molar-refractivity contribution in [2.75, 3.05) is 25.1 Å². The molecule has 6 heteroatoms. The number of aromatic amines is 1. The molecule has 140 valence electrons. The van der Waals surface area contributed by atoms with Crippen LogP contribution in [0.2, 0.25) is 0 Å². The standard InChI is InChI=1S/C21H23N3O3/c1-4-10-24(11-5-2)21-22-18-16(26-3)12-14-13-8-6-7-9-15(13)27-19(14)17(18)20(25)23-21/h6-9,12H,4-5,10-11H2,1-3H3,(H,22,23,25). The zero-order chi connectivity index (χ0) is 19.0. The van der Waals surface area contributed by atoms with Crippen LogP contribution < -0.4 is 15.2 Å². The highest BCUT2D eigenvalue weighted by Crippen LogP contribution is 2.37. The van der Waals surface area contributed by atoms with Crippen LogP contribution in [0.4, 0.5) is 5.95 Å². The lowest BCUT2D eigenvalue weighted by molar-refractivity contribution is 0.419. The number of fused-ring (bicyclic) bond motifs is 5. The summed E-state index contributed by atoms with van der Waals surface area (Å²) in [5, 5.41) is 2.24. The van der Waals surface area contributed by atoms with Crippen LogP contribution >= 0.6 is 0 Å². The quantitative estimate of drug-likeness (QED) is 0.546. The van der Waals surface area contributed by atoms with Crippen molar-refractivity contribution in [3.63, 3.8) is 0 Å². The Morgan fingerprint density at radius 3 is 2.59 bits per heavy atom. The van der Waals surface area contributed by atoms with Gasteiger partial charge in [-0.15, -0.1) is 0 Å². The summed E-state index contributed by atoms with van der Waals surface area (Å²) >= 11 is 0. The molecule has 0 aliphatic rings. The molecule has 0 spiro atoms. The van der Waals surface area contributed by atoms with E-state index in [9.17, 15) is 4.79 Å². The first-order valence-electron chi connectivity index (χ1n) is 9.35. The second-order valence-electron chi connectivity index (χ2n) is 6.65. The van der Waals surface area contributed by atoms with Crippen molar-refractivity contribution in [3.8, 4) is 5.75 Å². The molecule has 2 heterocycles. The Kier molecular flexibility index (Phi) is 4.48. The maximum absolute atomic E-state index is 13.0. The summed E-state index contributed by atoms with van der Waals surface area (Å²) in [6, 6.07) is 9.65. The molecule has 4 aromatic rings. The molecule has 0 bridgehead atoms. The molecule has 6 nitrogen and oxygen atoms in total. The molecule has 2 aromatic carbocycles. The van der Waals surface area contributed by atoms with E-state index in [-0.39, 0.29) is 5.56 Å². The first-order chi connectivity index (χ1) is 13.2. The SMILES string of the molecule is CCCN(CCC)c1nc2c(OC)cc3c4ccccc4oc3c2c(=O)[nH]1. The first kappa shape index (κ1) is 17.4. The van der Waals surface area contributed by atoms with Crippen molar-refractivity contribution in [1.82, 2.24) is 9.97 Å². The number of H-pyrrole nitrogens is 1. The fourth-order valence-electron chi connectivity index (χ4n) is 3.61. The minimum Gasteiger partial charge on any atom is -0.494 e. The summed E-state index contributed by atoms with van der Waals surface area (Å²) in [5.74, 6) is 1.15. The van der Waals surface area contributed by atoms with Crippen LogP contribution in [0.5, 0.6) is 5.75 Å². The van der Waals surface area contributed by atoms with Crippen molar-refractivity contribution in [2.45, 2.75) is 26.7 Å². The number of methoxy groups -OCH3 is 1. The highest BCUT2D eigenvalue weighted by Gasteiger charge is 2.20. The molecule has 0 fully saturated rings. The third-order valence-corrected chi connectivity index (χ3v) is 4.78. The number of nitrogens with one attached hydrogen (secondary N) is 1. The lowest BCUT2D eigenvalue weighted by Crippen LogP contribution is -2.29. The summed E-state index contributed by atoms with van der Waals surface area (Å²) in [5.41, 5.74) is 1.60. The second kappa shape index (κ2) is 6.95. The van der Waals surface area contributed by atoms with Crippen molar-refractivity contribution in [2.24, 2.45) is 0 Å². The molecule has 4 rings (SSSR count). The van der Waals surface area contributed by atoms with E-state index in [1.807, 2.05) is 30.3 Å². The van der Waals surface area contributed by atoms with Crippen LogP contribution in [-0.2, 0) is 0 Å². The van der Waals surface area contributed by atoms with Gasteiger partial charge in [-0.3, -0.25) is 9.78 Å². The lowest BCUT2D eigenvalue weighted by Gasteiger charge is -2.22. The molecular formula is C21H23N3O3. The number of aromatic nitrogens is 2. The Morgan fingerprint density at radius 1 is 1.15 bits per heavy atom. The smallest absolute Gasteiger partial charge is 0.264 e. The number of benzene rings is 2. The minimum atomic E-state index is -0.213. The number of hydrogen-bond acceptors (Lipinski definition) is 5. The molecule has 0 aliphatic heterocycles. The lowest BCUT2D eigenvalue weighted by atomic mass is 10.1. The van der Waals surface area contributed by atoms with Crippen molar-refractivity contribution in [3.05, 3.63) is 40.7 Å². The van der Waals surface area contributed by atoms with Crippen LogP contribution in [0.3, 0.4) is 0 Å². The zero-order valence-electron chi connectivity index (χ0n) is 15.8. The average Bonchev–Trinajstić information content (AvgIpc) is 3.05. The fraction of sp³-hybridized carbons (Fsp3) is 0.333. The van der Waals surface area contributed by atoms with E-state index in [4.69, 9.17) is 14.1 Å². The summed E-state index contributed by atoms with van der Waals surface area (Å²) in [6.07, 6.45) is 1.95. The van der Waals surface area contributed by atoms with E-state index in [1.54, 1.807) is 7.11 Å². The fourth-order valence-corrected chi connectivity index (χ4v) is 3.61. The van der Waals surface area contributed by atoms with Gasteiger partial charge in [-0.05, 0) is 25.0 Å². The largest absolute Gasteiger partial charge is 0.494 e. The van der Waals surface area contributed by atoms with Crippen molar-refractivity contribution in [1.29, 1.82) is 0 Å². The molecule has 27 heavy (non-hydrogen) atoms. The van der Waals surface area contributed by atoms with Gasteiger partial charge in [0.15, 0.2) is 5.58 Å². The molecule has 2 aromatic heterocycles. The second-order valence-corrected chi connectivity index (χ2v) is 6.65. The van der Waals surface area contributed by atoms with Gasteiger partial charge in [0.2, 0.25) is 5.95 Å². The van der Waals surface area contributed by atoms with E-state index in [1.165, 1.54) is 0 Å². The number of hydrogen-bond donors (Lipinski definition) is 1. The van der Waals surface area contributed by atoms with Gasteiger partial charge in [0.05, 0.1) is 7.11 Å². The Morgan fingerprint density at radius 2 is 1.89 bits per heavy atom. The van der Waals surface area contributed by atoms with Gasteiger partial charge < -0.3 is 14.1 Å². The Hall–Kier alpha value is -3.02. The summed E-state index contributed by atoms with van der Waals surface area (Å²) in [4.78, 5) is 22.8. The average molecular weight is 365 g/mol. The number of nitrogens with zero attached hydrogens (tertiary/aromatic N) is 2. The molecule has 0 aliphatic carbocycles. The van der Waals surface area contributed by atoms with Crippen molar-refractivity contribution < 1.29 is 9.15 Å². The number of ether oxygens (including phenoxy) is 1. The van der Waals surface area contributed by atoms with E-state index in [0.717, 1.165) is 42.3 Å². The summed E-state index contributed by atoms with van der Waals surface area (Å²) in [7, 11) is 1.60. The minimum absolute atomic E-state index is 0.213. The van der Waals surface area contributed by atoms with Crippen LogP contribution in [0.25, 0.3) is 32.8 Å². The van der Waals surface area contributed by atoms with Gasteiger partial charge in [0, 0.05) is 23.9 Å². The summed E-state index contributed by atoms with van der Waals surface area (Å²) < 4.78 is 11.6. The topological polar surface area (TPSA) is 71.4 Å².